The highest BCUT2D eigenvalue weighted by molar-refractivity contribution is 7.82. The van der Waals surface area contributed by atoms with Crippen molar-refractivity contribution in [1.29, 1.82) is 0 Å². The molecular weight excluding hydrogens is 382 g/mol. The Morgan fingerprint density at radius 1 is 1.18 bits per heavy atom. The first-order chi connectivity index (χ1) is 13.4. The first-order valence-electron chi connectivity index (χ1n) is 9.12. The monoisotopic (exact) mass is 403 g/mol. The van der Waals surface area contributed by atoms with Crippen LogP contribution in [0.5, 0.6) is 0 Å². The average Bonchev–Trinajstić information content (AvgIpc) is 2.80. The van der Waals surface area contributed by atoms with E-state index in [1.807, 2.05) is 30.3 Å². The first kappa shape index (κ1) is 19.9. The molecule has 2 N–H and O–H groups in total. The number of thiocarbonyl (C=S) groups is 1. The van der Waals surface area contributed by atoms with E-state index >= 15 is 0 Å². The highest BCUT2D eigenvalue weighted by atomic mass is 32.1. The van der Waals surface area contributed by atoms with Crippen molar-refractivity contribution in [3.63, 3.8) is 0 Å². The van der Waals surface area contributed by atoms with E-state index in [1.54, 1.807) is 0 Å². The van der Waals surface area contributed by atoms with Gasteiger partial charge >= 0.3 is 5.97 Å². The van der Waals surface area contributed by atoms with Gasteiger partial charge in [0.1, 0.15) is 6.04 Å². The predicted molar refractivity (Wildman–Crippen MR) is 103 cm³/mol. The second-order valence-electron chi connectivity index (χ2n) is 6.85. The molecule has 2 fully saturated rings. The van der Waals surface area contributed by atoms with Gasteiger partial charge in [-0.25, -0.2) is 9.80 Å². The van der Waals surface area contributed by atoms with Gasteiger partial charge in [0.2, 0.25) is 5.91 Å². The zero-order valence-electron chi connectivity index (χ0n) is 15.2. The fourth-order valence-corrected chi connectivity index (χ4v) is 3.72. The van der Waals surface area contributed by atoms with E-state index in [2.05, 4.69) is 5.32 Å². The minimum atomic E-state index is -1.17. The summed E-state index contributed by atoms with van der Waals surface area (Å²) in [5.74, 6) is -2.63. The van der Waals surface area contributed by atoms with Gasteiger partial charge in [0.05, 0.1) is 4.86 Å². The minimum Gasteiger partial charge on any atom is -0.480 e. The summed E-state index contributed by atoms with van der Waals surface area (Å²) in [7, 11) is 0. The maximum absolute atomic E-state index is 13.0. The molecule has 0 radical (unpaired) electrons. The number of fused-ring (bicyclic) bond motifs is 1. The van der Waals surface area contributed by atoms with Gasteiger partial charge in [-0.15, -0.1) is 0 Å². The number of carboxylic acid groups (broad SMARTS) is 1. The van der Waals surface area contributed by atoms with Gasteiger partial charge in [-0.3, -0.25) is 19.4 Å². The van der Waals surface area contributed by atoms with Crippen LogP contribution in [0.4, 0.5) is 0 Å². The van der Waals surface area contributed by atoms with Crippen LogP contribution in [0.25, 0.3) is 0 Å². The van der Waals surface area contributed by atoms with Gasteiger partial charge in [0.25, 0.3) is 11.8 Å². The third-order valence-corrected chi connectivity index (χ3v) is 5.24. The summed E-state index contributed by atoms with van der Waals surface area (Å²) in [6.45, 7) is 0.293. The lowest BCUT2D eigenvalue weighted by atomic mass is 10.1. The molecule has 1 aromatic carbocycles. The third kappa shape index (κ3) is 4.19. The Morgan fingerprint density at radius 3 is 2.57 bits per heavy atom. The first-order valence-corrected chi connectivity index (χ1v) is 9.53. The molecule has 1 aromatic rings. The molecule has 2 heterocycles. The van der Waals surface area contributed by atoms with Crippen molar-refractivity contribution in [2.24, 2.45) is 0 Å². The molecule has 1 unspecified atom stereocenters. The molecule has 3 amide bonds. The Labute approximate surface area is 167 Å². The van der Waals surface area contributed by atoms with Crippen molar-refractivity contribution in [3.8, 4) is 0 Å². The zero-order chi connectivity index (χ0) is 20.3. The van der Waals surface area contributed by atoms with Crippen LogP contribution in [0.2, 0.25) is 0 Å². The number of carbonyl (C=O) groups excluding carboxylic acids is 3. The number of carboxylic acids is 1. The smallest absolute Gasteiger partial charge is 0.328 e. The maximum atomic E-state index is 13.0. The fourth-order valence-electron chi connectivity index (χ4n) is 3.49. The summed E-state index contributed by atoms with van der Waals surface area (Å²) >= 11 is 5.19. The van der Waals surface area contributed by atoms with Crippen LogP contribution in [0.3, 0.4) is 0 Å². The zero-order valence-corrected chi connectivity index (χ0v) is 16.0. The number of hydrazine groups is 1. The van der Waals surface area contributed by atoms with Crippen molar-refractivity contribution < 1.29 is 24.3 Å². The summed E-state index contributed by atoms with van der Waals surface area (Å²) in [6, 6.07) is 7.13. The number of nitrogens with one attached hydrogen (secondary N) is 1. The molecule has 2 saturated heterocycles. The Morgan fingerprint density at radius 2 is 1.89 bits per heavy atom. The van der Waals surface area contributed by atoms with Crippen LogP contribution in [0, 0.1) is 0 Å². The molecule has 3 rings (SSSR count). The number of nitrogens with zero attached hydrogens (tertiary/aromatic N) is 2. The summed E-state index contributed by atoms with van der Waals surface area (Å²) in [5.41, 5.74) is 0.873. The molecule has 2 atom stereocenters. The number of aliphatic carboxylic acids is 1. The normalized spacial score (nSPS) is 22.3. The number of amides is 3. The van der Waals surface area contributed by atoms with Crippen molar-refractivity contribution in [1.82, 2.24) is 15.3 Å². The largest absolute Gasteiger partial charge is 0.480 e. The van der Waals surface area contributed by atoms with Crippen LogP contribution >= 0.6 is 12.2 Å². The molecule has 148 valence electrons. The topological polar surface area (TPSA) is 107 Å². The molecule has 9 heteroatoms. The molecule has 0 aliphatic carbocycles. The van der Waals surface area contributed by atoms with Gasteiger partial charge in [-0.1, -0.05) is 42.5 Å². The summed E-state index contributed by atoms with van der Waals surface area (Å²) in [4.78, 5) is 49.5. The Bertz CT molecular complexity index is 813. The van der Waals surface area contributed by atoms with Crippen molar-refractivity contribution in [2.75, 3.05) is 6.54 Å². The van der Waals surface area contributed by atoms with Crippen LogP contribution in [-0.4, -0.2) is 62.3 Å². The number of benzene rings is 1. The van der Waals surface area contributed by atoms with E-state index in [1.165, 1.54) is 5.01 Å². The van der Waals surface area contributed by atoms with Crippen LogP contribution in [0.1, 0.15) is 31.2 Å². The quantitative estimate of drug-likeness (QED) is 0.701. The Hall–Kier alpha value is -2.81. The Balaban J connectivity index is 1.73. The minimum absolute atomic E-state index is 0.0466. The molecule has 8 nitrogen and oxygen atoms in total. The van der Waals surface area contributed by atoms with E-state index < -0.39 is 29.9 Å². The SMILES string of the molecule is O=C(NC1CCC(=O)N2CCC[C@@H](C(=O)O)N2C1=O)C(=S)Cc1ccccc1. The molecule has 0 bridgehead atoms. The lowest BCUT2D eigenvalue weighted by Crippen LogP contribution is -2.62. The molecule has 0 saturated carbocycles. The van der Waals surface area contributed by atoms with E-state index in [0.29, 0.717) is 13.0 Å². The lowest BCUT2D eigenvalue weighted by molar-refractivity contribution is -0.180. The number of hydrogen-bond donors (Lipinski definition) is 2. The summed E-state index contributed by atoms with van der Waals surface area (Å²) < 4.78 is 0. The van der Waals surface area contributed by atoms with E-state index in [4.69, 9.17) is 12.2 Å². The standard InChI is InChI=1S/C19H21N3O5S/c23-16-9-8-13(18(25)22-14(19(26)27)7-4-10-21(16)22)20-17(24)15(28)11-12-5-2-1-3-6-12/h1-3,5-6,13-14H,4,7-11H2,(H,20,24)(H,26,27)/t13?,14-/m0/s1. The average molecular weight is 403 g/mol. The molecular formula is C19H21N3O5S. The highest BCUT2D eigenvalue weighted by Gasteiger charge is 2.44. The number of rotatable bonds is 5. The van der Waals surface area contributed by atoms with Crippen LogP contribution in [-0.2, 0) is 25.6 Å². The molecule has 0 aromatic heterocycles. The highest BCUT2D eigenvalue weighted by Crippen LogP contribution is 2.24. The van der Waals surface area contributed by atoms with Gasteiger partial charge < -0.3 is 10.4 Å². The number of hydrogen-bond acceptors (Lipinski definition) is 5. The van der Waals surface area contributed by atoms with Gasteiger partial charge in [0.15, 0.2) is 6.04 Å². The van der Waals surface area contributed by atoms with Gasteiger partial charge in [-0.05, 0) is 24.8 Å². The Kier molecular flexibility index (Phi) is 6.03. The second kappa shape index (κ2) is 8.47. The van der Waals surface area contributed by atoms with Crippen LogP contribution in [0.15, 0.2) is 30.3 Å². The maximum Gasteiger partial charge on any atom is 0.328 e. The molecule has 0 spiro atoms. The third-order valence-electron chi connectivity index (χ3n) is 4.91. The van der Waals surface area contributed by atoms with Gasteiger partial charge in [0, 0.05) is 19.4 Å². The fraction of sp³-hybridized carbons (Fsp3) is 0.421. The van der Waals surface area contributed by atoms with Crippen molar-refractivity contribution >= 4 is 40.8 Å². The predicted octanol–water partition coefficient (Wildman–Crippen LogP) is 0.697. The molecule has 2 aliphatic rings. The summed E-state index contributed by atoms with van der Waals surface area (Å²) in [6.07, 6.45) is 1.18. The van der Waals surface area contributed by atoms with E-state index in [9.17, 15) is 24.3 Å². The molecule has 28 heavy (non-hydrogen) atoms. The number of carbonyl (C=O) groups is 4. The van der Waals surface area contributed by atoms with Crippen LogP contribution < -0.4 is 5.32 Å². The molecule has 2 aliphatic heterocycles. The lowest BCUT2D eigenvalue weighted by Gasteiger charge is -2.41. The van der Waals surface area contributed by atoms with E-state index in [-0.39, 0.29) is 36.5 Å². The second-order valence-corrected chi connectivity index (χ2v) is 7.34. The van der Waals surface area contributed by atoms with Crippen molar-refractivity contribution in [3.05, 3.63) is 35.9 Å². The van der Waals surface area contributed by atoms with Crippen molar-refractivity contribution in [2.45, 2.75) is 44.2 Å². The summed E-state index contributed by atoms with van der Waals surface area (Å²) in [5, 5.41) is 14.3. The van der Waals surface area contributed by atoms with E-state index in [0.717, 1.165) is 10.6 Å². The van der Waals surface area contributed by atoms with Gasteiger partial charge in [-0.2, -0.15) is 0 Å².